The van der Waals surface area contributed by atoms with E-state index in [0.717, 1.165) is 48.0 Å². The Hall–Kier alpha value is -3.65. The maximum Gasteiger partial charge on any atom is 0.323 e. The van der Waals surface area contributed by atoms with Crippen LogP contribution in [0.1, 0.15) is 18.2 Å². The Morgan fingerprint density at radius 3 is 2.47 bits per heavy atom. The van der Waals surface area contributed by atoms with E-state index in [0.29, 0.717) is 24.8 Å². The molecule has 1 aliphatic rings. The van der Waals surface area contributed by atoms with Crippen LogP contribution in [0.5, 0.6) is 0 Å². The van der Waals surface area contributed by atoms with E-state index < -0.39 is 0 Å². The minimum atomic E-state index is -0.270. The topological polar surface area (TPSA) is 91.4 Å². The monoisotopic (exact) mass is 432 g/mol. The highest BCUT2D eigenvalue weighted by molar-refractivity contribution is 6.00. The summed E-state index contributed by atoms with van der Waals surface area (Å²) >= 11 is 0. The summed E-state index contributed by atoms with van der Waals surface area (Å²) in [5, 5.41) is 9.11. The number of rotatable bonds is 6. The average Bonchev–Trinajstić information content (AvgIpc) is 2.81. The molecule has 3 N–H and O–H groups in total. The molecule has 3 aromatic rings. The van der Waals surface area contributed by atoms with Gasteiger partial charge >= 0.3 is 6.03 Å². The Labute approximate surface area is 188 Å². The number of ether oxygens (including phenoxy) is 1. The molecule has 1 fully saturated rings. The highest BCUT2D eigenvalue weighted by Gasteiger charge is 2.15. The van der Waals surface area contributed by atoms with Crippen molar-refractivity contribution in [2.45, 2.75) is 20.3 Å². The number of nitrogens with zero attached hydrogens (tertiary/aromatic N) is 3. The maximum absolute atomic E-state index is 12.4. The molecule has 8 nitrogen and oxygen atoms in total. The first-order chi connectivity index (χ1) is 15.6. The Morgan fingerprint density at radius 2 is 1.72 bits per heavy atom. The Morgan fingerprint density at radius 1 is 1.00 bits per heavy atom. The third-order valence-electron chi connectivity index (χ3n) is 5.20. The van der Waals surface area contributed by atoms with Crippen molar-refractivity contribution in [2.24, 2.45) is 0 Å². The molecule has 2 amide bonds. The average molecular weight is 433 g/mol. The van der Waals surface area contributed by atoms with Gasteiger partial charge in [-0.1, -0.05) is 25.1 Å². The molecule has 0 saturated carbocycles. The van der Waals surface area contributed by atoms with E-state index in [1.807, 2.05) is 61.5 Å². The molecule has 166 valence electrons. The minimum absolute atomic E-state index is 0.270. The SMILES string of the molecule is CCc1ccccc1NC(=O)Nc1ccc(Nc2cc(C)nc(N3CCOCC3)n2)cc1. The number of carbonyl (C=O) groups is 1. The predicted octanol–water partition coefficient (Wildman–Crippen LogP) is 4.57. The second kappa shape index (κ2) is 10.1. The smallest absolute Gasteiger partial charge is 0.323 e. The zero-order valence-corrected chi connectivity index (χ0v) is 18.4. The van der Waals surface area contributed by atoms with Crippen molar-refractivity contribution in [3.8, 4) is 0 Å². The summed E-state index contributed by atoms with van der Waals surface area (Å²) in [6.45, 7) is 6.96. The molecule has 0 radical (unpaired) electrons. The molecule has 4 rings (SSSR count). The number of aromatic nitrogens is 2. The van der Waals surface area contributed by atoms with E-state index in [1.165, 1.54) is 0 Å². The van der Waals surface area contributed by atoms with Gasteiger partial charge in [0.2, 0.25) is 5.95 Å². The van der Waals surface area contributed by atoms with Crippen LogP contribution in [-0.4, -0.2) is 42.3 Å². The van der Waals surface area contributed by atoms with Crippen LogP contribution in [0.4, 0.5) is 33.6 Å². The van der Waals surface area contributed by atoms with Crippen molar-refractivity contribution in [1.29, 1.82) is 0 Å². The number of amides is 2. The Balaban J connectivity index is 1.38. The van der Waals surface area contributed by atoms with Crippen LogP contribution < -0.4 is 20.9 Å². The summed E-state index contributed by atoms with van der Waals surface area (Å²) in [6, 6.07) is 16.9. The number of carbonyl (C=O) groups excluding carboxylic acids is 1. The summed E-state index contributed by atoms with van der Waals surface area (Å²) in [5.41, 5.74) is 4.39. The second-order valence-electron chi connectivity index (χ2n) is 7.59. The molecule has 2 heterocycles. The van der Waals surface area contributed by atoms with E-state index in [4.69, 9.17) is 4.74 Å². The largest absolute Gasteiger partial charge is 0.378 e. The number of benzene rings is 2. The molecule has 2 aromatic carbocycles. The number of morpholine rings is 1. The number of aryl methyl sites for hydroxylation is 2. The van der Waals surface area contributed by atoms with Crippen LogP contribution >= 0.6 is 0 Å². The third-order valence-corrected chi connectivity index (χ3v) is 5.20. The first-order valence-corrected chi connectivity index (χ1v) is 10.8. The zero-order chi connectivity index (χ0) is 22.3. The van der Waals surface area contributed by atoms with Crippen molar-refractivity contribution in [3.63, 3.8) is 0 Å². The second-order valence-corrected chi connectivity index (χ2v) is 7.59. The molecule has 0 aliphatic carbocycles. The molecule has 8 heteroatoms. The molecule has 32 heavy (non-hydrogen) atoms. The quantitative estimate of drug-likeness (QED) is 0.528. The lowest BCUT2D eigenvalue weighted by Gasteiger charge is -2.27. The van der Waals surface area contributed by atoms with E-state index in [2.05, 4.69) is 37.7 Å². The molecule has 1 aliphatic heterocycles. The summed E-state index contributed by atoms with van der Waals surface area (Å²) in [6.07, 6.45) is 0.854. The van der Waals surface area contributed by atoms with Crippen LogP contribution in [0.3, 0.4) is 0 Å². The Bertz CT molecular complexity index is 1060. The zero-order valence-electron chi connectivity index (χ0n) is 18.4. The van der Waals surface area contributed by atoms with Gasteiger partial charge in [0.05, 0.1) is 13.2 Å². The van der Waals surface area contributed by atoms with Crippen molar-refractivity contribution in [3.05, 3.63) is 65.9 Å². The van der Waals surface area contributed by atoms with Gasteiger partial charge < -0.3 is 25.6 Å². The highest BCUT2D eigenvalue weighted by atomic mass is 16.5. The molecular formula is C24H28N6O2. The minimum Gasteiger partial charge on any atom is -0.378 e. The van der Waals surface area contributed by atoms with Crippen LogP contribution in [0, 0.1) is 6.92 Å². The lowest BCUT2D eigenvalue weighted by atomic mass is 10.1. The van der Waals surface area contributed by atoms with Gasteiger partial charge in [0.15, 0.2) is 0 Å². The number of hydrogen-bond donors (Lipinski definition) is 3. The molecule has 0 unspecified atom stereocenters. The molecular weight excluding hydrogens is 404 g/mol. The number of hydrogen-bond acceptors (Lipinski definition) is 6. The molecule has 1 saturated heterocycles. The van der Waals surface area contributed by atoms with Gasteiger partial charge in [0, 0.05) is 41.9 Å². The van der Waals surface area contributed by atoms with Gasteiger partial charge in [-0.3, -0.25) is 0 Å². The summed E-state index contributed by atoms with van der Waals surface area (Å²) in [5.74, 6) is 1.44. The van der Waals surface area contributed by atoms with Gasteiger partial charge in [-0.2, -0.15) is 4.98 Å². The fraction of sp³-hybridized carbons (Fsp3) is 0.292. The van der Waals surface area contributed by atoms with Gasteiger partial charge in [-0.25, -0.2) is 9.78 Å². The lowest BCUT2D eigenvalue weighted by molar-refractivity contribution is 0.122. The summed E-state index contributed by atoms with van der Waals surface area (Å²) in [7, 11) is 0. The van der Waals surface area contributed by atoms with Crippen molar-refractivity contribution in [1.82, 2.24) is 9.97 Å². The summed E-state index contributed by atoms with van der Waals surface area (Å²) in [4.78, 5) is 23.7. The van der Waals surface area contributed by atoms with E-state index in [1.54, 1.807) is 0 Å². The lowest BCUT2D eigenvalue weighted by Crippen LogP contribution is -2.37. The standard InChI is InChI=1S/C24H28N6O2/c1-3-18-6-4-5-7-21(18)28-24(31)27-20-10-8-19(9-11-20)26-22-16-17(2)25-23(29-22)30-12-14-32-15-13-30/h4-11,16H,3,12-15H2,1-2H3,(H,25,26,29)(H2,27,28,31). The van der Waals surface area contributed by atoms with Crippen LogP contribution in [0.2, 0.25) is 0 Å². The van der Waals surface area contributed by atoms with Crippen LogP contribution in [0.25, 0.3) is 0 Å². The normalized spacial score (nSPS) is 13.5. The van der Waals surface area contributed by atoms with Gasteiger partial charge in [0.1, 0.15) is 5.82 Å². The fourth-order valence-corrected chi connectivity index (χ4v) is 3.54. The van der Waals surface area contributed by atoms with Crippen molar-refractivity contribution in [2.75, 3.05) is 47.2 Å². The summed E-state index contributed by atoms with van der Waals surface area (Å²) < 4.78 is 5.41. The van der Waals surface area contributed by atoms with Crippen LogP contribution in [0.15, 0.2) is 54.6 Å². The van der Waals surface area contributed by atoms with Gasteiger partial charge in [0.25, 0.3) is 0 Å². The van der Waals surface area contributed by atoms with E-state index in [-0.39, 0.29) is 6.03 Å². The van der Waals surface area contributed by atoms with Crippen molar-refractivity contribution >= 4 is 34.9 Å². The highest BCUT2D eigenvalue weighted by Crippen LogP contribution is 2.21. The number of anilines is 5. The first kappa shape index (κ1) is 21.6. The number of para-hydroxylation sites is 1. The molecule has 1 aromatic heterocycles. The first-order valence-electron chi connectivity index (χ1n) is 10.8. The van der Waals surface area contributed by atoms with Crippen LogP contribution in [-0.2, 0) is 11.2 Å². The van der Waals surface area contributed by atoms with E-state index in [9.17, 15) is 4.79 Å². The maximum atomic E-state index is 12.4. The van der Waals surface area contributed by atoms with E-state index >= 15 is 0 Å². The predicted molar refractivity (Wildman–Crippen MR) is 128 cm³/mol. The number of nitrogens with one attached hydrogen (secondary N) is 3. The van der Waals surface area contributed by atoms with Crippen molar-refractivity contribution < 1.29 is 9.53 Å². The fourth-order valence-electron chi connectivity index (χ4n) is 3.54. The molecule has 0 bridgehead atoms. The number of urea groups is 1. The van der Waals surface area contributed by atoms with Gasteiger partial charge in [-0.05, 0) is 49.2 Å². The third kappa shape index (κ3) is 5.53. The molecule has 0 spiro atoms. The van der Waals surface area contributed by atoms with Gasteiger partial charge in [-0.15, -0.1) is 0 Å². The Kier molecular flexibility index (Phi) is 6.81. The molecule has 0 atom stereocenters.